The Hall–Kier alpha value is -6.44. The predicted octanol–water partition coefficient (Wildman–Crippen LogP) is 14.1. The highest BCUT2D eigenvalue weighted by Crippen LogP contribution is 2.59. The summed E-state index contributed by atoms with van der Waals surface area (Å²) < 4.78 is 0. The molecular weight excluding hydrogens is 627 g/mol. The van der Waals surface area contributed by atoms with Crippen molar-refractivity contribution in [2.24, 2.45) is 0 Å². The largest absolute Gasteiger partial charge is 0.310 e. The van der Waals surface area contributed by atoms with Crippen molar-refractivity contribution in [3.8, 4) is 77.9 Å². The van der Waals surface area contributed by atoms with E-state index in [4.69, 9.17) is 0 Å². The summed E-state index contributed by atoms with van der Waals surface area (Å²) in [6.07, 6.45) is 0. The first-order chi connectivity index (χ1) is 25.6. The molecule has 1 heteroatoms. The number of hydrogen-bond acceptors (Lipinski definition) is 1. The van der Waals surface area contributed by atoms with E-state index in [0.29, 0.717) is 0 Å². The minimum Gasteiger partial charge on any atom is -0.310 e. The van der Waals surface area contributed by atoms with Crippen LogP contribution < -0.4 is 4.90 Å². The van der Waals surface area contributed by atoms with Crippen molar-refractivity contribution in [3.63, 3.8) is 0 Å². The second kappa shape index (κ2) is 10.8. The van der Waals surface area contributed by atoms with E-state index in [1.54, 1.807) is 0 Å². The zero-order valence-electron chi connectivity index (χ0n) is 29.2. The number of hydrogen-bond donors (Lipinski definition) is 0. The lowest BCUT2D eigenvalue weighted by atomic mass is 9.82. The normalized spacial score (nSPS) is 13.3. The van der Waals surface area contributed by atoms with E-state index in [-0.39, 0.29) is 5.41 Å². The van der Waals surface area contributed by atoms with E-state index in [0.717, 1.165) is 11.4 Å². The molecule has 0 fully saturated rings. The van der Waals surface area contributed by atoms with Gasteiger partial charge in [-0.1, -0.05) is 159 Å². The number of anilines is 3. The highest BCUT2D eigenvalue weighted by atomic mass is 15.1. The Kier molecular flexibility index (Phi) is 6.08. The van der Waals surface area contributed by atoms with Crippen LogP contribution >= 0.6 is 0 Å². The standard InChI is InChI=1S/C51H35N/c1-51(2)45-22-9-8-17-43(45)50-46(51)23-12-24-47(50)52(34-27-25-33(26-28-34)32-13-4-3-5-14-32)35-29-30-37-40-19-11-20-41-42-21-10-18-39(49(42)44(37)31-35)36-15-6-7-16-38(36)48(40)41/h3-31H,1-2H3. The lowest BCUT2D eigenvalue weighted by Gasteiger charge is -2.30. The number of fused-ring (bicyclic) bond motifs is 7. The van der Waals surface area contributed by atoms with Gasteiger partial charge < -0.3 is 4.90 Å². The third kappa shape index (κ3) is 3.99. The Morgan fingerprint density at radius 2 is 0.827 bits per heavy atom. The van der Waals surface area contributed by atoms with E-state index in [9.17, 15) is 0 Å². The summed E-state index contributed by atoms with van der Waals surface area (Å²) in [5, 5.41) is 0. The first-order valence-corrected chi connectivity index (χ1v) is 18.3. The Morgan fingerprint density at radius 1 is 0.327 bits per heavy atom. The minimum atomic E-state index is -0.100. The maximum atomic E-state index is 2.50. The molecule has 0 unspecified atom stereocenters. The van der Waals surface area contributed by atoms with Crippen LogP contribution in [0.25, 0.3) is 77.9 Å². The second-order valence-electron chi connectivity index (χ2n) is 14.9. The first kappa shape index (κ1) is 29.3. The maximum absolute atomic E-state index is 2.50. The molecule has 11 rings (SSSR count). The quantitative estimate of drug-likeness (QED) is 0.181. The highest BCUT2D eigenvalue weighted by molar-refractivity contribution is 6.15. The molecule has 1 nitrogen and oxygen atoms in total. The Labute approximate surface area is 305 Å². The van der Waals surface area contributed by atoms with Crippen LogP contribution in [0.5, 0.6) is 0 Å². The molecule has 0 aliphatic heterocycles. The summed E-state index contributed by atoms with van der Waals surface area (Å²) in [6, 6.07) is 65.5. The first-order valence-electron chi connectivity index (χ1n) is 18.3. The van der Waals surface area contributed by atoms with Crippen molar-refractivity contribution in [3.05, 3.63) is 187 Å². The van der Waals surface area contributed by atoms with Gasteiger partial charge in [0.25, 0.3) is 0 Å². The van der Waals surface area contributed by atoms with Crippen LogP contribution in [0, 0.1) is 0 Å². The summed E-state index contributed by atoms with van der Waals surface area (Å²) >= 11 is 0. The van der Waals surface area contributed by atoms with Crippen molar-refractivity contribution in [1.29, 1.82) is 0 Å². The van der Waals surface area contributed by atoms with Gasteiger partial charge in [0.2, 0.25) is 0 Å². The van der Waals surface area contributed by atoms with E-state index in [1.807, 2.05) is 0 Å². The summed E-state index contributed by atoms with van der Waals surface area (Å²) in [6.45, 7) is 4.73. The van der Waals surface area contributed by atoms with Gasteiger partial charge in [-0.05, 0) is 114 Å². The van der Waals surface area contributed by atoms with Gasteiger partial charge in [0, 0.05) is 22.4 Å². The number of rotatable bonds is 4. The van der Waals surface area contributed by atoms with Crippen molar-refractivity contribution in [1.82, 2.24) is 0 Å². The fourth-order valence-corrected chi connectivity index (χ4v) is 9.41. The summed E-state index contributed by atoms with van der Waals surface area (Å²) in [5.41, 5.74) is 24.2. The van der Waals surface area contributed by atoms with E-state index in [2.05, 4.69) is 195 Å². The van der Waals surface area contributed by atoms with Gasteiger partial charge in [-0.15, -0.1) is 0 Å². The van der Waals surface area contributed by atoms with E-state index in [1.165, 1.54) is 94.7 Å². The third-order valence-electron chi connectivity index (χ3n) is 11.8. The monoisotopic (exact) mass is 661 g/mol. The molecule has 0 saturated heterocycles. The predicted molar refractivity (Wildman–Crippen MR) is 218 cm³/mol. The average molecular weight is 662 g/mol. The number of benzene rings is 8. The van der Waals surface area contributed by atoms with Crippen LogP contribution in [-0.2, 0) is 5.41 Å². The van der Waals surface area contributed by atoms with Gasteiger partial charge in [-0.3, -0.25) is 0 Å². The third-order valence-corrected chi connectivity index (χ3v) is 11.8. The molecule has 0 aromatic heterocycles. The molecular formula is C51H35N. The topological polar surface area (TPSA) is 3.24 Å². The molecule has 0 amide bonds. The second-order valence-corrected chi connectivity index (χ2v) is 14.9. The zero-order chi connectivity index (χ0) is 34.6. The van der Waals surface area contributed by atoms with Crippen LogP contribution in [0.2, 0.25) is 0 Å². The smallest absolute Gasteiger partial charge is 0.0543 e. The molecule has 8 aromatic rings. The van der Waals surface area contributed by atoms with Gasteiger partial charge in [0.05, 0.1) is 5.69 Å². The van der Waals surface area contributed by atoms with Gasteiger partial charge in [0.1, 0.15) is 0 Å². The number of nitrogens with zero attached hydrogens (tertiary/aromatic N) is 1. The van der Waals surface area contributed by atoms with Gasteiger partial charge in [0.15, 0.2) is 0 Å². The van der Waals surface area contributed by atoms with Crippen molar-refractivity contribution in [2.45, 2.75) is 19.3 Å². The van der Waals surface area contributed by atoms with Crippen molar-refractivity contribution < 1.29 is 0 Å². The molecule has 0 heterocycles. The zero-order valence-corrected chi connectivity index (χ0v) is 29.2. The summed E-state index contributed by atoms with van der Waals surface area (Å²) in [4.78, 5) is 2.50. The molecule has 244 valence electrons. The Morgan fingerprint density at radius 3 is 1.56 bits per heavy atom. The fraction of sp³-hybridized carbons (Fsp3) is 0.0588. The molecule has 0 spiro atoms. The summed E-state index contributed by atoms with van der Waals surface area (Å²) in [5.74, 6) is 0. The minimum absolute atomic E-state index is 0.100. The Bertz CT molecular complexity index is 2730. The van der Waals surface area contributed by atoms with Crippen molar-refractivity contribution >= 4 is 17.1 Å². The van der Waals surface area contributed by atoms with E-state index < -0.39 is 0 Å². The molecule has 0 N–H and O–H groups in total. The van der Waals surface area contributed by atoms with Crippen LogP contribution in [0.3, 0.4) is 0 Å². The highest BCUT2D eigenvalue weighted by Gasteiger charge is 2.38. The Balaban J connectivity index is 1.19. The molecule has 0 saturated carbocycles. The summed E-state index contributed by atoms with van der Waals surface area (Å²) in [7, 11) is 0. The molecule has 6 bridgehead atoms. The van der Waals surface area contributed by atoms with Crippen LogP contribution in [0.15, 0.2) is 176 Å². The molecule has 0 atom stereocenters. The van der Waals surface area contributed by atoms with Gasteiger partial charge in [-0.25, -0.2) is 0 Å². The lowest BCUT2D eigenvalue weighted by Crippen LogP contribution is -2.16. The molecule has 8 aromatic carbocycles. The average Bonchev–Trinajstić information content (AvgIpc) is 3.37. The molecule has 3 aliphatic carbocycles. The molecule has 3 aliphatic rings. The lowest BCUT2D eigenvalue weighted by molar-refractivity contribution is 0.660. The maximum Gasteiger partial charge on any atom is 0.0543 e. The van der Waals surface area contributed by atoms with Crippen molar-refractivity contribution in [2.75, 3.05) is 4.90 Å². The van der Waals surface area contributed by atoms with Gasteiger partial charge >= 0.3 is 0 Å². The fourth-order valence-electron chi connectivity index (χ4n) is 9.41. The van der Waals surface area contributed by atoms with Gasteiger partial charge in [-0.2, -0.15) is 0 Å². The van der Waals surface area contributed by atoms with Crippen LogP contribution in [0.4, 0.5) is 17.1 Å². The van der Waals surface area contributed by atoms with Crippen LogP contribution in [0.1, 0.15) is 25.0 Å². The van der Waals surface area contributed by atoms with Crippen LogP contribution in [-0.4, -0.2) is 0 Å². The molecule has 0 radical (unpaired) electrons. The SMILES string of the molecule is CC1(C)c2ccccc2-c2c(N(c3ccc(-c4ccccc4)cc3)c3ccc4c(c3)-c3c5cccc3-c3cccc-4c3-c3ccccc3-5)cccc21. The molecule has 52 heavy (non-hydrogen) atoms. The van der Waals surface area contributed by atoms with E-state index >= 15 is 0 Å².